The summed E-state index contributed by atoms with van der Waals surface area (Å²) in [6, 6.07) is 3.18. The lowest BCUT2D eigenvalue weighted by atomic mass is 10.1. The van der Waals surface area contributed by atoms with Gasteiger partial charge in [-0.2, -0.15) is 0 Å². The monoisotopic (exact) mass is 300 g/mol. The Kier molecular flexibility index (Phi) is 5.21. The molecule has 0 aliphatic heterocycles. The molecule has 0 saturated heterocycles. The molecule has 0 aliphatic carbocycles. The van der Waals surface area contributed by atoms with Crippen molar-refractivity contribution in [1.82, 2.24) is 15.0 Å². The zero-order valence-corrected chi connectivity index (χ0v) is 12.6. The first-order valence-corrected chi connectivity index (χ1v) is 7.94. The molecule has 0 aromatic carbocycles. The number of hydrogen-bond acceptors (Lipinski definition) is 5. The quantitative estimate of drug-likeness (QED) is 0.661. The molecular weight excluding hydrogens is 280 g/mol. The molecule has 1 aromatic heterocycles. The first-order valence-electron chi connectivity index (χ1n) is 6.05. The molecular formula is C12H20N4O3S. The molecule has 0 bridgehead atoms. The van der Waals surface area contributed by atoms with E-state index in [4.69, 9.17) is 5.73 Å². The molecule has 0 radical (unpaired) electrons. The van der Waals surface area contributed by atoms with E-state index in [1.807, 2.05) is 0 Å². The van der Waals surface area contributed by atoms with Crippen molar-refractivity contribution in [2.24, 2.45) is 5.73 Å². The predicted octanol–water partition coefficient (Wildman–Crippen LogP) is -0.402. The Morgan fingerprint density at radius 3 is 2.65 bits per heavy atom. The van der Waals surface area contributed by atoms with Crippen molar-refractivity contribution in [3.05, 3.63) is 29.6 Å². The van der Waals surface area contributed by atoms with Crippen molar-refractivity contribution >= 4 is 15.9 Å². The molecule has 0 atom stereocenters. The number of rotatable bonds is 6. The van der Waals surface area contributed by atoms with Gasteiger partial charge in [-0.05, 0) is 26.0 Å². The molecule has 1 aromatic rings. The fraction of sp³-hybridized carbons (Fsp3) is 0.500. The highest BCUT2D eigenvalue weighted by atomic mass is 32.2. The molecule has 0 aliphatic rings. The van der Waals surface area contributed by atoms with Crippen LogP contribution in [0.5, 0.6) is 0 Å². The third-order valence-electron chi connectivity index (χ3n) is 2.44. The van der Waals surface area contributed by atoms with Gasteiger partial charge in [0.25, 0.3) is 5.91 Å². The van der Waals surface area contributed by atoms with E-state index in [0.29, 0.717) is 11.3 Å². The van der Waals surface area contributed by atoms with Crippen molar-refractivity contribution in [1.29, 1.82) is 0 Å². The maximum absolute atomic E-state index is 12.0. The molecule has 7 nitrogen and oxygen atoms in total. The zero-order chi connectivity index (χ0) is 15.4. The summed E-state index contributed by atoms with van der Waals surface area (Å²) in [6.07, 6.45) is 2.59. The van der Waals surface area contributed by atoms with E-state index in [-0.39, 0.29) is 19.0 Å². The number of pyridine rings is 1. The minimum atomic E-state index is -3.33. The number of nitrogens with two attached hydrogens (primary N) is 1. The SMILES string of the molecule is CC(C)(CNC(=O)c1ccnc(CN)c1)NS(C)(=O)=O. The normalized spacial score (nSPS) is 12.2. The van der Waals surface area contributed by atoms with Crippen LogP contribution in [0.3, 0.4) is 0 Å². The van der Waals surface area contributed by atoms with Crippen LogP contribution >= 0.6 is 0 Å². The molecule has 112 valence electrons. The summed E-state index contributed by atoms with van der Waals surface area (Å²) in [5, 5.41) is 2.68. The van der Waals surface area contributed by atoms with Gasteiger partial charge in [0, 0.05) is 30.4 Å². The van der Waals surface area contributed by atoms with Gasteiger partial charge in [-0.3, -0.25) is 9.78 Å². The van der Waals surface area contributed by atoms with Crippen LogP contribution in [-0.2, 0) is 16.6 Å². The van der Waals surface area contributed by atoms with Crippen LogP contribution < -0.4 is 15.8 Å². The lowest BCUT2D eigenvalue weighted by Crippen LogP contribution is -2.51. The van der Waals surface area contributed by atoms with Gasteiger partial charge in [-0.25, -0.2) is 13.1 Å². The van der Waals surface area contributed by atoms with Crippen molar-refractivity contribution < 1.29 is 13.2 Å². The summed E-state index contributed by atoms with van der Waals surface area (Å²) in [5.74, 6) is -0.300. The summed E-state index contributed by atoms with van der Waals surface area (Å²) in [5.41, 5.74) is 5.75. The van der Waals surface area contributed by atoms with E-state index in [1.54, 1.807) is 26.0 Å². The van der Waals surface area contributed by atoms with E-state index in [2.05, 4.69) is 15.0 Å². The van der Waals surface area contributed by atoms with Gasteiger partial charge in [0.2, 0.25) is 10.0 Å². The number of hydrogen-bond donors (Lipinski definition) is 3. The summed E-state index contributed by atoms with van der Waals surface area (Å²) in [7, 11) is -3.33. The van der Waals surface area contributed by atoms with Gasteiger partial charge in [0.15, 0.2) is 0 Å². The standard InChI is InChI=1S/C12H20N4O3S/c1-12(2,16-20(3,18)19)8-15-11(17)9-4-5-14-10(6-9)7-13/h4-6,16H,7-8,13H2,1-3H3,(H,15,17). The minimum absolute atomic E-state index is 0.166. The first kappa shape index (κ1) is 16.5. The second kappa shape index (κ2) is 6.29. The molecule has 4 N–H and O–H groups in total. The minimum Gasteiger partial charge on any atom is -0.350 e. The molecule has 8 heteroatoms. The van der Waals surface area contributed by atoms with Crippen LogP contribution in [0, 0.1) is 0 Å². The third kappa shape index (κ3) is 5.64. The van der Waals surface area contributed by atoms with E-state index >= 15 is 0 Å². The molecule has 20 heavy (non-hydrogen) atoms. The highest BCUT2D eigenvalue weighted by molar-refractivity contribution is 7.88. The predicted molar refractivity (Wildman–Crippen MR) is 76.5 cm³/mol. The molecule has 1 amide bonds. The van der Waals surface area contributed by atoms with Crippen LogP contribution in [-0.4, -0.2) is 37.6 Å². The molecule has 0 spiro atoms. The maximum atomic E-state index is 12.0. The van der Waals surface area contributed by atoms with Crippen LogP contribution in [0.25, 0.3) is 0 Å². The topological polar surface area (TPSA) is 114 Å². The second-order valence-corrected chi connectivity index (χ2v) is 6.93. The third-order valence-corrected chi connectivity index (χ3v) is 3.36. The Bertz CT molecular complexity index is 584. The Morgan fingerprint density at radius 1 is 1.45 bits per heavy atom. The number of carbonyl (C=O) groups excluding carboxylic acids is 1. The zero-order valence-electron chi connectivity index (χ0n) is 11.8. The summed E-state index contributed by atoms with van der Waals surface area (Å²) in [6.45, 7) is 3.79. The summed E-state index contributed by atoms with van der Waals surface area (Å²) >= 11 is 0. The van der Waals surface area contributed by atoms with Crippen LogP contribution in [0.1, 0.15) is 29.9 Å². The van der Waals surface area contributed by atoms with Gasteiger partial charge in [-0.1, -0.05) is 0 Å². The molecule has 1 heterocycles. The Hall–Kier alpha value is -1.51. The van der Waals surface area contributed by atoms with Crippen LogP contribution in [0.4, 0.5) is 0 Å². The van der Waals surface area contributed by atoms with E-state index < -0.39 is 15.6 Å². The molecule has 0 fully saturated rings. The average molecular weight is 300 g/mol. The van der Waals surface area contributed by atoms with E-state index in [9.17, 15) is 13.2 Å². The highest BCUT2D eigenvalue weighted by Crippen LogP contribution is 2.05. The fourth-order valence-electron chi connectivity index (χ4n) is 1.67. The number of amides is 1. The summed E-state index contributed by atoms with van der Waals surface area (Å²) in [4.78, 5) is 16.0. The van der Waals surface area contributed by atoms with Crippen LogP contribution in [0.15, 0.2) is 18.3 Å². The Labute approximate surface area is 119 Å². The van der Waals surface area contributed by atoms with E-state index in [0.717, 1.165) is 6.26 Å². The number of nitrogens with zero attached hydrogens (tertiary/aromatic N) is 1. The van der Waals surface area contributed by atoms with Gasteiger partial charge in [0.05, 0.1) is 11.9 Å². The summed E-state index contributed by atoms with van der Waals surface area (Å²) < 4.78 is 24.8. The van der Waals surface area contributed by atoms with Gasteiger partial charge >= 0.3 is 0 Å². The van der Waals surface area contributed by atoms with Gasteiger partial charge in [-0.15, -0.1) is 0 Å². The second-order valence-electron chi connectivity index (χ2n) is 5.18. The van der Waals surface area contributed by atoms with Crippen molar-refractivity contribution in [3.8, 4) is 0 Å². The first-order chi connectivity index (χ1) is 9.13. The highest BCUT2D eigenvalue weighted by Gasteiger charge is 2.23. The van der Waals surface area contributed by atoms with Crippen molar-refractivity contribution in [2.75, 3.05) is 12.8 Å². The molecule has 0 unspecified atom stereocenters. The maximum Gasteiger partial charge on any atom is 0.251 e. The Balaban J connectivity index is 2.67. The Morgan fingerprint density at radius 2 is 2.10 bits per heavy atom. The number of aromatic nitrogens is 1. The van der Waals surface area contributed by atoms with Crippen molar-refractivity contribution in [3.63, 3.8) is 0 Å². The number of sulfonamides is 1. The molecule has 1 rings (SSSR count). The van der Waals surface area contributed by atoms with Gasteiger partial charge in [0.1, 0.15) is 0 Å². The number of nitrogens with one attached hydrogen (secondary N) is 2. The smallest absolute Gasteiger partial charge is 0.251 e. The van der Waals surface area contributed by atoms with Gasteiger partial charge < -0.3 is 11.1 Å². The van der Waals surface area contributed by atoms with E-state index in [1.165, 1.54) is 6.20 Å². The lowest BCUT2D eigenvalue weighted by molar-refractivity contribution is 0.0944. The molecule has 0 saturated carbocycles. The van der Waals surface area contributed by atoms with Crippen molar-refractivity contribution in [2.45, 2.75) is 25.9 Å². The largest absolute Gasteiger partial charge is 0.350 e. The fourth-order valence-corrected chi connectivity index (χ4v) is 2.75. The number of carbonyl (C=O) groups is 1. The average Bonchev–Trinajstić information content (AvgIpc) is 2.33. The lowest BCUT2D eigenvalue weighted by Gasteiger charge is -2.25. The van der Waals surface area contributed by atoms with Crippen LogP contribution in [0.2, 0.25) is 0 Å².